The molecule has 6 nitrogen and oxygen atoms in total. The molecule has 0 spiro atoms. The Bertz CT molecular complexity index is 988. The Hall–Kier alpha value is -2.49. The molecule has 0 saturated carbocycles. The van der Waals surface area contributed by atoms with Crippen molar-refractivity contribution in [2.45, 2.75) is 0 Å². The first-order chi connectivity index (χ1) is 13.3. The second-order valence-electron chi connectivity index (χ2n) is 5.75. The summed E-state index contributed by atoms with van der Waals surface area (Å²) in [7, 11) is 0. The minimum Gasteiger partial charge on any atom is -0.478 e. The largest absolute Gasteiger partial charge is 0.478 e. The van der Waals surface area contributed by atoms with Gasteiger partial charge in [0.15, 0.2) is 0 Å². The Morgan fingerprint density at radius 3 is 2.39 bits per heavy atom. The lowest BCUT2D eigenvalue weighted by Gasteiger charge is -2.14. The Morgan fingerprint density at radius 1 is 1.14 bits per heavy atom. The van der Waals surface area contributed by atoms with Gasteiger partial charge >= 0.3 is 5.97 Å². The van der Waals surface area contributed by atoms with E-state index in [-0.39, 0.29) is 18.0 Å². The van der Waals surface area contributed by atoms with Gasteiger partial charge in [0, 0.05) is 10.2 Å². The zero-order valence-corrected chi connectivity index (χ0v) is 17.4. The molecule has 28 heavy (non-hydrogen) atoms. The topological polar surface area (TPSA) is 86.7 Å². The molecule has 0 aliphatic carbocycles. The summed E-state index contributed by atoms with van der Waals surface area (Å²) in [4.78, 5) is 37.4. The van der Waals surface area contributed by atoms with E-state index >= 15 is 0 Å². The van der Waals surface area contributed by atoms with E-state index < -0.39 is 11.9 Å². The van der Waals surface area contributed by atoms with Crippen LogP contribution in [0.3, 0.4) is 0 Å². The Morgan fingerprint density at radius 2 is 1.79 bits per heavy atom. The molecule has 2 amide bonds. The highest BCUT2D eigenvalue weighted by atomic mass is 79.9. The zero-order valence-electron chi connectivity index (χ0n) is 14.2. The van der Waals surface area contributed by atoms with Gasteiger partial charge in [0.05, 0.1) is 10.5 Å². The van der Waals surface area contributed by atoms with E-state index in [1.807, 2.05) is 24.3 Å². The van der Waals surface area contributed by atoms with E-state index in [2.05, 4.69) is 21.2 Å². The molecule has 1 aliphatic rings. The van der Waals surface area contributed by atoms with Crippen molar-refractivity contribution in [2.75, 3.05) is 11.9 Å². The fourth-order valence-electron chi connectivity index (χ4n) is 2.39. The number of hydrogen-bond acceptors (Lipinski definition) is 5. The number of aromatic carboxylic acids is 1. The molecule has 9 heteroatoms. The number of carbonyl (C=O) groups excluding carboxylic acids is 2. The third-order valence-electron chi connectivity index (χ3n) is 3.76. The number of thiocarbonyl (C=S) groups is 1. The number of nitrogens with zero attached hydrogens (tertiary/aromatic N) is 1. The number of hydrogen-bond donors (Lipinski definition) is 2. The van der Waals surface area contributed by atoms with E-state index in [0.717, 1.165) is 21.8 Å². The molecule has 0 aromatic heterocycles. The molecule has 2 N–H and O–H groups in total. The van der Waals surface area contributed by atoms with Gasteiger partial charge in [-0.1, -0.05) is 52.0 Å². The van der Waals surface area contributed by atoms with Gasteiger partial charge in [-0.15, -0.1) is 0 Å². The predicted molar refractivity (Wildman–Crippen MR) is 116 cm³/mol. The monoisotopic (exact) mass is 476 g/mol. The number of amides is 2. The number of carboxylic acid groups (broad SMARTS) is 1. The summed E-state index contributed by atoms with van der Waals surface area (Å²) in [6.45, 7) is -0.219. The minimum atomic E-state index is -1.05. The molecule has 0 unspecified atom stereocenters. The third kappa shape index (κ3) is 4.86. The average molecular weight is 477 g/mol. The molecule has 0 radical (unpaired) electrons. The number of carbonyl (C=O) groups is 3. The highest BCUT2D eigenvalue weighted by Crippen LogP contribution is 2.32. The normalized spacial score (nSPS) is 15.2. The number of rotatable bonds is 5. The number of benzene rings is 2. The van der Waals surface area contributed by atoms with Gasteiger partial charge < -0.3 is 10.4 Å². The Labute approximate surface area is 178 Å². The molecule has 142 valence electrons. The van der Waals surface area contributed by atoms with Crippen molar-refractivity contribution in [3.05, 3.63) is 69.0 Å². The van der Waals surface area contributed by atoms with Gasteiger partial charge in [-0.05, 0) is 48.0 Å². The van der Waals surface area contributed by atoms with Gasteiger partial charge in [-0.2, -0.15) is 0 Å². The van der Waals surface area contributed by atoms with Crippen LogP contribution in [0.5, 0.6) is 0 Å². The smallest absolute Gasteiger partial charge is 0.335 e. The standard InChI is InChI=1S/C19H13BrN2O4S2/c20-13-5-1-11(2-6-13)9-15-17(24)22(19(27)28-15)10-16(23)21-14-7-3-12(4-8-14)18(25)26/h1-9H,10H2,(H,21,23)(H,25,26)/b15-9-. The first-order valence-corrected chi connectivity index (χ1v) is 9.99. The summed E-state index contributed by atoms with van der Waals surface area (Å²) in [5.41, 5.74) is 1.41. The second-order valence-corrected chi connectivity index (χ2v) is 8.34. The zero-order chi connectivity index (χ0) is 20.3. The summed E-state index contributed by atoms with van der Waals surface area (Å²) < 4.78 is 1.25. The molecule has 2 aromatic rings. The predicted octanol–water partition coefficient (Wildman–Crippen LogP) is 3.99. The number of halogens is 1. The maximum Gasteiger partial charge on any atom is 0.335 e. The van der Waals surface area contributed by atoms with Crippen LogP contribution < -0.4 is 5.32 Å². The fraction of sp³-hybridized carbons (Fsp3) is 0.0526. The molecule has 1 heterocycles. The molecular formula is C19H13BrN2O4S2. The van der Waals surface area contributed by atoms with E-state index in [1.54, 1.807) is 6.08 Å². The van der Waals surface area contributed by atoms with Crippen LogP contribution in [0.15, 0.2) is 57.9 Å². The summed E-state index contributed by atoms with van der Waals surface area (Å²) in [6.07, 6.45) is 1.73. The van der Waals surface area contributed by atoms with Gasteiger partial charge in [-0.3, -0.25) is 14.5 Å². The van der Waals surface area contributed by atoms with E-state index in [4.69, 9.17) is 17.3 Å². The van der Waals surface area contributed by atoms with Crippen LogP contribution in [0.25, 0.3) is 6.08 Å². The molecule has 0 atom stereocenters. The van der Waals surface area contributed by atoms with Crippen LogP contribution in [-0.4, -0.2) is 38.7 Å². The van der Waals surface area contributed by atoms with Crippen molar-refractivity contribution in [1.29, 1.82) is 0 Å². The van der Waals surface area contributed by atoms with Gasteiger partial charge in [0.25, 0.3) is 5.91 Å². The maximum absolute atomic E-state index is 12.6. The lowest BCUT2D eigenvalue weighted by molar-refractivity contribution is -0.126. The highest BCUT2D eigenvalue weighted by Gasteiger charge is 2.33. The van der Waals surface area contributed by atoms with Crippen molar-refractivity contribution >= 4 is 73.8 Å². The number of carboxylic acids is 1. The van der Waals surface area contributed by atoms with Crippen LogP contribution in [-0.2, 0) is 9.59 Å². The van der Waals surface area contributed by atoms with Crippen molar-refractivity contribution in [3.8, 4) is 0 Å². The third-order valence-corrected chi connectivity index (χ3v) is 5.67. The molecule has 1 fully saturated rings. The summed E-state index contributed by atoms with van der Waals surface area (Å²) in [5, 5.41) is 11.5. The molecule has 1 saturated heterocycles. The fourth-order valence-corrected chi connectivity index (χ4v) is 3.91. The second kappa shape index (κ2) is 8.68. The van der Waals surface area contributed by atoms with Gasteiger partial charge in [-0.25, -0.2) is 4.79 Å². The number of thioether (sulfide) groups is 1. The maximum atomic E-state index is 12.6. The summed E-state index contributed by atoms with van der Waals surface area (Å²) >= 11 is 9.74. The van der Waals surface area contributed by atoms with Crippen molar-refractivity contribution in [2.24, 2.45) is 0 Å². The van der Waals surface area contributed by atoms with Gasteiger partial charge in [0.2, 0.25) is 5.91 Å². The van der Waals surface area contributed by atoms with Crippen molar-refractivity contribution < 1.29 is 19.5 Å². The van der Waals surface area contributed by atoms with Crippen molar-refractivity contribution in [1.82, 2.24) is 4.90 Å². The lowest BCUT2D eigenvalue weighted by Crippen LogP contribution is -2.36. The van der Waals surface area contributed by atoms with E-state index in [1.165, 1.54) is 29.2 Å². The van der Waals surface area contributed by atoms with E-state index in [9.17, 15) is 14.4 Å². The lowest BCUT2D eigenvalue weighted by atomic mass is 10.2. The SMILES string of the molecule is O=C(CN1C(=O)/C(=C/c2ccc(Br)cc2)SC1=S)Nc1ccc(C(=O)O)cc1. The summed E-state index contributed by atoms with van der Waals surface area (Å²) in [6, 6.07) is 13.2. The Kier molecular flexibility index (Phi) is 6.28. The number of nitrogens with one attached hydrogen (secondary N) is 1. The average Bonchev–Trinajstić information content (AvgIpc) is 2.91. The molecule has 3 rings (SSSR count). The molecule has 1 aliphatic heterocycles. The summed E-state index contributed by atoms with van der Waals surface area (Å²) in [5.74, 6) is -1.80. The molecule has 0 bridgehead atoms. The van der Waals surface area contributed by atoms with Crippen LogP contribution >= 0.6 is 39.9 Å². The first-order valence-electron chi connectivity index (χ1n) is 7.97. The minimum absolute atomic E-state index is 0.119. The van der Waals surface area contributed by atoms with Crippen LogP contribution in [0.1, 0.15) is 15.9 Å². The van der Waals surface area contributed by atoms with Gasteiger partial charge in [0.1, 0.15) is 10.9 Å². The first kappa shape index (κ1) is 20.2. The number of anilines is 1. The molecule has 2 aromatic carbocycles. The highest BCUT2D eigenvalue weighted by molar-refractivity contribution is 9.10. The van der Waals surface area contributed by atoms with E-state index in [0.29, 0.717) is 14.9 Å². The molecular weight excluding hydrogens is 464 g/mol. The van der Waals surface area contributed by atoms with Crippen LogP contribution in [0, 0.1) is 0 Å². The van der Waals surface area contributed by atoms with Crippen molar-refractivity contribution in [3.63, 3.8) is 0 Å². The Balaban J connectivity index is 1.65. The quantitative estimate of drug-likeness (QED) is 0.501. The van der Waals surface area contributed by atoms with Crippen LogP contribution in [0.2, 0.25) is 0 Å². The van der Waals surface area contributed by atoms with Crippen LogP contribution in [0.4, 0.5) is 5.69 Å².